The first-order valence-corrected chi connectivity index (χ1v) is 11.0. The van der Waals surface area contributed by atoms with Crippen molar-refractivity contribution in [2.24, 2.45) is 0 Å². The van der Waals surface area contributed by atoms with E-state index < -0.39 is 23.6 Å². The van der Waals surface area contributed by atoms with Gasteiger partial charge in [-0.05, 0) is 43.9 Å². The van der Waals surface area contributed by atoms with E-state index in [4.69, 9.17) is 17.3 Å². The van der Waals surface area contributed by atoms with Crippen LogP contribution in [0, 0.1) is 5.82 Å². The van der Waals surface area contributed by atoms with Gasteiger partial charge in [0.1, 0.15) is 12.4 Å². The molecule has 0 saturated carbocycles. The fourth-order valence-corrected chi connectivity index (χ4v) is 4.66. The lowest BCUT2D eigenvalue weighted by Gasteiger charge is -2.43. The zero-order chi connectivity index (χ0) is 23.8. The lowest BCUT2D eigenvalue weighted by molar-refractivity contribution is -0.137. The van der Waals surface area contributed by atoms with E-state index >= 15 is 0 Å². The second kappa shape index (κ2) is 9.20. The summed E-state index contributed by atoms with van der Waals surface area (Å²) in [6.45, 7) is 1.46. The highest BCUT2D eigenvalue weighted by Gasteiger charge is 2.37. The number of halogens is 5. The van der Waals surface area contributed by atoms with Gasteiger partial charge in [-0.25, -0.2) is 9.97 Å². The van der Waals surface area contributed by atoms with Gasteiger partial charge in [0.2, 0.25) is 11.7 Å². The predicted octanol–water partition coefficient (Wildman–Crippen LogP) is 3.94. The van der Waals surface area contributed by atoms with Crippen molar-refractivity contribution < 1.29 is 22.4 Å². The predicted molar refractivity (Wildman–Crippen MR) is 116 cm³/mol. The topological polar surface area (TPSA) is 87.4 Å². The van der Waals surface area contributed by atoms with Crippen molar-refractivity contribution in [3.8, 4) is 0 Å². The number of carbonyl (C=O) groups excluding carboxylic acids is 1. The molecule has 2 atom stereocenters. The molecule has 0 radical (unpaired) electrons. The number of hydrogen-bond donors (Lipinski definition) is 2. The van der Waals surface area contributed by atoms with Gasteiger partial charge >= 0.3 is 6.18 Å². The number of nitrogen functional groups attached to an aromatic ring is 1. The maximum absolute atomic E-state index is 14.4. The number of anilines is 3. The molecule has 2 aliphatic heterocycles. The number of alkyl halides is 3. The van der Waals surface area contributed by atoms with Gasteiger partial charge in [0.15, 0.2) is 11.6 Å². The first-order chi connectivity index (χ1) is 15.6. The smallest absolute Gasteiger partial charge is 0.381 e. The molecule has 12 heteroatoms. The average Bonchev–Trinajstić information content (AvgIpc) is 2.76. The van der Waals surface area contributed by atoms with Crippen molar-refractivity contribution in [3.63, 3.8) is 0 Å². The van der Waals surface area contributed by atoms with Crippen molar-refractivity contribution in [2.45, 2.75) is 43.9 Å². The number of amides is 1. The van der Waals surface area contributed by atoms with Crippen LogP contribution < -0.4 is 16.0 Å². The summed E-state index contributed by atoms with van der Waals surface area (Å²) in [5.41, 5.74) is 4.82. The van der Waals surface area contributed by atoms with Crippen LogP contribution in [0.25, 0.3) is 0 Å². The SMILES string of the molecule is Nc1ncnc(N2CCC[C@@H](N3CCC[C@@H](Nc4cc(Cl)cc(C(F)(F)F)c4)C3=O)C2)c1F. The summed E-state index contributed by atoms with van der Waals surface area (Å²) in [5, 5.41) is 2.86. The zero-order valence-corrected chi connectivity index (χ0v) is 18.3. The molecule has 3 heterocycles. The molecule has 33 heavy (non-hydrogen) atoms. The molecule has 0 bridgehead atoms. The monoisotopic (exact) mass is 486 g/mol. The largest absolute Gasteiger partial charge is 0.416 e. The summed E-state index contributed by atoms with van der Waals surface area (Å²) < 4.78 is 53.8. The van der Waals surface area contributed by atoms with Crippen LogP contribution in [0.5, 0.6) is 0 Å². The second-order valence-corrected chi connectivity index (χ2v) is 8.67. The molecule has 0 aliphatic carbocycles. The van der Waals surface area contributed by atoms with E-state index in [0.29, 0.717) is 32.5 Å². The number of hydrogen-bond acceptors (Lipinski definition) is 6. The Bertz CT molecular complexity index is 1040. The van der Waals surface area contributed by atoms with Crippen LogP contribution in [0.2, 0.25) is 5.02 Å². The lowest BCUT2D eigenvalue weighted by atomic mass is 9.97. The molecule has 2 fully saturated rings. The average molecular weight is 487 g/mol. The fraction of sp³-hybridized carbons (Fsp3) is 0.476. The van der Waals surface area contributed by atoms with Gasteiger partial charge in [-0.2, -0.15) is 17.6 Å². The van der Waals surface area contributed by atoms with E-state index in [0.717, 1.165) is 25.0 Å². The van der Waals surface area contributed by atoms with Crippen molar-refractivity contribution >= 4 is 34.8 Å². The molecule has 7 nitrogen and oxygen atoms in total. The van der Waals surface area contributed by atoms with Crippen LogP contribution in [-0.4, -0.2) is 52.5 Å². The molecule has 1 aromatic heterocycles. The van der Waals surface area contributed by atoms with E-state index in [-0.39, 0.29) is 34.3 Å². The van der Waals surface area contributed by atoms with Crippen molar-refractivity contribution in [1.82, 2.24) is 14.9 Å². The van der Waals surface area contributed by atoms with Crippen molar-refractivity contribution in [2.75, 3.05) is 35.6 Å². The normalized spacial score (nSPS) is 21.9. The number of benzene rings is 1. The number of carbonyl (C=O) groups is 1. The number of likely N-dealkylation sites (tertiary alicyclic amines) is 1. The highest BCUT2D eigenvalue weighted by Crippen LogP contribution is 2.34. The third-order valence-corrected chi connectivity index (χ3v) is 6.19. The maximum Gasteiger partial charge on any atom is 0.416 e. The molecule has 2 aromatic rings. The Morgan fingerprint density at radius 3 is 2.64 bits per heavy atom. The Balaban J connectivity index is 1.48. The van der Waals surface area contributed by atoms with Gasteiger partial charge in [-0.1, -0.05) is 11.6 Å². The third-order valence-electron chi connectivity index (χ3n) is 5.97. The highest BCUT2D eigenvalue weighted by molar-refractivity contribution is 6.31. The Kier molecular flexibility index (Phi) is 6.51. The summed E-state index contributed by atoms with van der Waals surface area (Å²) in [4.78, 5) is 24.4. The van der Waals surface area contributed by atoms with Gasteiger partial charge in [0.05, 0.1) is 5.56 Å². The van der Waals surface area contributed by atoms with E-state index in [1.165, 1.54) is 12.4 Å². The Labute approximate surface area is 192 Å². The number of aromatic nitrogens is 2. The molecular weight excluding hydrogens is 464 g/mol. The maximum atomic E-state index is 14.4. The van der Waals surface area contributed by atoms with Gasteiger partial charge in [0, 0.05) is 36.4 Å². The van der Waals surface area contributed by atoms with Crippen LogP contribution in [0.1, 0.15) is 31.2 Å². The van der Waals surface area contributed by atoms with Gasteiger partial charge in [-0.3, -0.25) is 4.79 Å². The Morgan fingerprint density at radius 2 is 1.88 bits per heavy atom. The van der Waals surface area contributed by atoms with Gasteiger partial charge in [-0.15, -0.1) is 0 Å². The standard InChI is InChI=1S/C21H23ClF4N6O/c22-13-7-12(21(24,25)26)8-14(9-13)30-16-4-2-6-32(20(16)33)15-3-1-5-31(10-15)19-17(23)18(27)28-11-29-19/h7-9,11,15-16,30H,1-6,10H2,(H2,27,28,29)/t15-,16-/m1/s1. The number of nitrogens with two attached hydrogens (primary N) is 1. The molecule has 2 aliphatic rings. The summed E-state index contributed by atoms with van der Waals surface area (Å²) in [6.07, 6.45) is -0.734. The highest BCUT2D eigenvalue weighted by atomic mass is 35.5. The summed E-state index contributed by atoms with van der Waals surface area (Å²) in [6, 6.07) is 2.30. The number of nitrogens with zero attached hydrogens (tertiary/aromatic N) is 4. The lowest BCUT2D eigenvalue weighted by Crippen LogP contribution is -2.56. The van der Waals surface area contributed by atoms with Gasteiger partial charge in [0.25, 0.3) is 0 Å². The summed E-state index contributed by atoms with van der Waals surface area (Å²) >= 11 is 5.87. The molecular formula is C21H23ClF4N6O. The minimum absolute atomic E-state index is 0.0680. The van der Waals surface area contributed by atoms with Crippen LogP contribution in [-0.2, 0) is 11.0 Å². The van der Waals surface area contributed by atoms with E-state index in [1.54, 1.807) is 9.80 Å². The Morgan fingerprint density at radius 1 is 1.12 bits per heavy atom. The molecule has 0 unspecified atom stereocenters. The minimum atomic E-state index is -4.55. The number of rotatable bonds is 4. The van der Waals surface area contributed by atoms with Crippen LogP contribution >= 0.6 is 11.6 Å². The summed E-state index contributed by atoms with van der Waals surface area (Å²) in [5.74, 6) is -1.03. The molecule has 0 spiro atoms. The second-order valence-electron chi connectivity index (χ2n) is 8.24. The summed E-state index contributed by atoms with van der Waals surface area (Å²) in [7, 11) is 0. The number of piperidine rings is 2. The first-order valence-electron chi connectivity index (χ1n) is 10.6. The molecule has 4 rings (SSSR count). The van der Waals surface area contributed by atoms with E-state index in [1.807, 2.05) is 0 Å². The van der Waals surface area contributed by atoms with Gasteiger partial charge < -0.3 is 20.9 Å². The fourth-order valence-electron chi connectivity index (χ4n) is 4.43. The third kappa shape index (κ3) is 5.07. The van der Waals surface area contributed by atoms with Crippen LogP contribution in [0.3, 0.4) is 0 Å². The molecule has 1 amide bonds. The molecule has 3 N–H and O–H groups in total. The first kappa shape index (κ1) is 23.3. The Hall–Kier alpha value is -2.82. The molecule has 178 valence electrons. The molecule has 1 aromatic carbocycles. The van der Waals surface area contributed by atoms with Crippen LogP contribution in [0.15, 0.2) is 24.5 Å². The zero-order valence-electron chi connectivity index (χ0n) is 17.6. The van der Waals surface area contributed by atoms with E-state index in [9.17, 15) is 22.4 Å². The van der Waals surface area contributed by atoms with Crippen molar-refractivity contribution in [1.29, 1.82) is 0 Å². The molecule has 2 saturated heterocycles. The van der Waals surface area contributed by atoms with Crippen molar-refractivity contribution in [3.05, 3.63) is 40.9 Å². The van der Waals surface area contributed by atoms with Crippen LogP contribution in [0.4, 0.5) is 34.9 Å². The quantitative estimate of drug-likeness (QED) is 0.636. The minimum Gasteiger partial charge on any atom is -0.381 e. The number of nitrogens with one attached hydrogen (secondary N) is 1. The van der Waals surface area contributed by atoms with E-state index in [2.05, 4.69) is 15.3 Å².